The number of aromatic nitrogens is 3. The van der Waals surface area contributed by atoms with Crippen LogP contribution in [0.2, 0.25) is 0 Å². The molecule has 0 spiro atoms. The number of rotatable bonds is 6. The number of nitriles is 1. The summed E-state index contributed by atoms with van der Waals surface area (Å²) in [4.78, 5) is 13.9. The zero-order valence-electron chi connectivity index (χ0n) is 19.8. The van der Waals surface area contributed by atoms with Crippen molar-refractivity contribution in [2.24, 2.45) is 5.92 Å². The molecule has 1 aliphatic rings. The number of aliphatic hydroxyl groups excluding tert-OH is 2. The number of thiazole rings is 1. The van der Waals surface area contributed by atoms with E-state index < -0.39 is 29.8 Å². The fourth-order valence-corrected chi connectivity index (χ4v) is 5.52. The largest absolute Gasteiger partial charge is 0.390 e. The van der Waals surface area contributed by atoms with Gasteiger partial charge in [0.15, 0.2) is 0 Å². The Kier molecular flexibility index (Phi) is 6.32. The number of nitrogens with one attached hydrogen (secondary N) is 2. The highest BCUT2D eigenvalue weighted by Crippen LogP contribution is 2.39. The number of hydrogen-bond acceptors (Lipinski definition) is 10. The number of aliphatic hydroxyl groups is 3. The summed E-state index contributed by atoms with van der Waals surface area (Å²) in [6.07, 6.45) is -0.165. The standard InChI is InChI=1S/C26H26N6O3S/c1-26(2,35)17-11-19(22(34)21(17)33)30-23-16(24-31-18-8-3-4-9-20(18)36-24)13-28-25(32-23)29-15-7-5-6-14(10-15)12-27/h3-10,13,17,19,21-22,33-35H,11H2,1-2H3,(H2,28,29,30,32)/t17-,19+,21+,22-/m0/s1. The Hall–Kier alpha value is -3.62. The predicted molar refractivity (Wildman–Crippen MR) is 139 cm³/mol. The van der Waals surface area contributed by atoms with Gasteiger partial charge < -0.3 is 26.0 Å². The molecule has 1 fully saturated rings. The highest BCUT2D eigenvalue weighted by molar-refractivity contribution is 7.21. The molecule has 184 valence electrons. The second-order valence-electron chi connectivity index (χ2n) is 9.49. The van der Waals surface area contributed by atoms with Crippen LogP contribution in [-0.2, 0) is 0 Å². The Labute approximate surface area is 212 Å². The Balaban J connectivity index is 1.52. The first-order valence-electron chi connectivity index (χ1n) is 11.6. The van der Waals surface area contributed by atoms with E-state index in [4.69, 9.17) is 4.98 Å². The van der Waals surface area contributed by atoms with E-state index in [1.807, 2.05) is 30.3 Å². The van der Waals surface area contributed by atoms with Gasteiger partial charge in [0.1, 0.15) is 16.9 Å². The fraction of sp³-hybridized carbons (Fsp3) is 0.308. The van der Waals surface area contributed by atoms with Crippen LogP contribution < -0.4 is 10.6 Å². The average Bonchev–Trinajstić information content (AvgIpc) is 3.41. The third kappa shape index (κ3) is 4.74. The summed E-state index contributed by atoms with van der Waals surface area (Å²) in [6.45, 7) is 3.26. The molecule has 2 aromatic heterocycles. The van der Waals surface area contributed by atoms with Gasteiger partial charge in [-0.15, -0.1) is 11.3 Å². The molecule has 10 heteroatoms. The van der Waals surface area contributed by atoms with Gasteiger partial charge in [0, 0.05) is 17.8 Å². The summed E-state index contributed by atoms with van der Waals surface area (Å²) in [5.74, 6) is 0.226. The second-order valence-corrected chi connectivity index (χ2v) is 10.5. The smallest absolute Gasteiger partial charge is 0.229 e. The fourth-order valence-electron chi connectivity index (χ4n) is 4.55. The van der Waals surface area contributed by atoms with Crippen molar-refractivity contribution in [1.82, 2.24) is 15.0 Å². The van der Waals surface area contributed by atoms with Crippen molar-refractivity contribution in [3.63, 3.8) is 0 Å². The lowest BCUT2D eigenvalue weighted by molar-refractivity contribution is -0.0601. The number of fused-ring (bicyclic) bond motifs is 1. The van der Waals surface area contributed by atoms with E-state index in [1.54, 1.807) is 38.2 Å². The lowest BCUT2D eigenvalue weighted by Gasteiger charge is -2.28. The summed E-state index contributed by atoms with van der Waals surface area (Å²) < 4.78 is 1.02. The maximum atomic E-state index is 10.8. The van der Waals surface area contributed by atoms with Gasteiger partial charge in [-0.25, -0.2) is 9.97 Å². The van der Waals surface area contributed by atoms with Gasteiger partial charge >= 0.3 is 0 Å². The van der Waals surface area contributed by atoms with Crippen LogP contribution in [0.4, 0.5) is 17.5 Å². The summed E-state index contributed by atoms with van der Waals surface area (Å²) >= 11 is 1.50. The topological polar surface area (TPSA) is 147 Å². The maximum Gasteiger partial charge on any atom is 0.229 e. The SMILES string of the molecule is CC(C)(O)[C@H]1C[C@@H](Nc2nc(Nc3cccc(C#N)c3)ncc2-c2nc3ccccc3s2)[C@H](O)[C@@H]1O. The van der Waals surface area contributed by atoms with Gasteiger partial charge in [-0.3, -0.25) is 0 Å². The molecule has 5 N–H and O–H groups in total. The first-order chi connectivity index (χ1) is 17.2. The Bertz CT molecular complexity index is 1410. The van der Waals surface area contributed by atoms with Gasteiger partial charge in [0.05, 0.1) is 45.2 Å². The molecule has 4 aromatic rings. The van der Waals surface area contributed by atoms with E-state index >= 15 is 0 Å². The molecule has 4 atom stereocenters. The molecule has 1 saturated carbocycles. The van der Waals surface area contributed by atoms with Crippen LogP contribution >= 0.6 is 11.3 Å². The van der Waals surface area contributed by atoms with Gasteiger partial charge in [-0.05, 0) is 50.6 Å². The normalized spacial score (nSPS) is 21.9. The van der Waals surface area contributed by atoms with Crippen LogP contribution in [0.25, 0.3) is 20.8 Å². The Morgan fingerprint density at radius 2 is 1.89 bits per heavy atom. The van der Waals surface area contributed by atoms with Crippen LogP contribution in [0, 0.1) is 17.2 Å². The molecule has 2 heterocycles. The van der Waals surface area contributed by atoms with E-state index in [0.717, 1.165) is 10.2 Å². The van der Waals surface area contributed by atoms with Crippen molar-refractivity contribution in [3.05, 3.63) is 60.3 Å². The molecule has 1 aliphatic carbocycles. The molecule has 0 unspecified atom stereocenters. The van der Waals surface area contributed by atoms with E-state index in [-0.39, 0.29) is 0 Å². The van der Waals surface area contributed by atoms with Gasteiger partial charge in [-0.2, -0.15) is 10.2 Å². The van der Waals surface area contributed by atoms with Crippen LogP contribution in [-0.4, -0.2) is 54.1 Å². The van der Waals surface area contributed by atoms with Crippen molar-refractivity contribution in [1.29, 1.82) is 5.26 Å². The summed E-state index contributed by atoms with van der Waals surface area (Å²) in [5, 5.41) is 48.2. The van der Waals surface area contributed by atoms with Crippen molar-refractivity contribution in [2.75, 3.05) is 10.6 Å². The molecule has 2 aromatic carbocycles. The third-order valence-electron chi connectivity index (χ3n) is 6.47. The minimum atomic E-state index is -1.16. The number of hydrogen-bond donors (Lipinski definition) is 5. The zero-order chi connectivity index (χ0) is 25.4. The van der Waals surface area contributed by atoms with Crippen molar-refractivity contribution < 1.29 is 15.3 Å². The molecule has 0 radical (unpaired) electrons. The van der Waals surface area contributed by atoms with E-state index in [2.05, 4.69) is 26.7 Å². The first kappa shape index (κ1) is 24.1. The summed E-state index contributed by atoms with van der Waals surface area (Å²) in [5.41, 5.74) is 1.52. The molecule has 0 bridgehead atoms. The molecular formula is C26H26N6O3S. The average molecular weight is 503 g/mol. The van der Waals surface area contributed by atoms with Crippen LogP contribution in [0.1, 0.15) is 25.8 Å². The number of nitrogens with zero attached hydrogens (tertiary/aromatic N) is 4. The van der Waals surface area contributed by atoms with E-state index in [9.17, 15) is 20.6 Å². The van der Waals surface area contributed by atoms with Crippen LogP contribution in [0.3, 0.4) is 0 Å². The van der Waals surface area contributed by atoms with Crippen molar-refractivity contribution >= 4 is 39.0 Å². The molecule has 0 aliphatic heterocycles. The van der Waals surface area contributed by atoms with E-state index in [1.165, 1.54) is 11.3 Å². The van der Waals surface area contributed by atoms with Crippen LogP contribution in [0.15, 0.2) is 54.7 Å². The maximum absolute atomic E-state index is 10.8. The first-order valence-corrected chi connectivity index (χ1v) is 12.4. The lowest BCUT2D eigenvalue weighted by Crippen LogP contribution is -2.40. The Morgan fingerprint density at radius 3 is 2.61 bits per heavy atom. The van der Waals surface area contributed by atoms with Crippen molar-refractivity contribution in [2.45, 2.75) is 44.1 Å². The van der Waals surface area contributed by atoms with Gasteiger partial charge in [-0.1, -0.05) is 18.2 Å². The minimum absolute atomic E-state index is 0.296. The molecule has 9 nitrogen and oxygen atoms in total. The number of para-hydroxylation sites is 1. The Morgan fingerprint density at radius 1 is 1.08 bits per heavy atom. The van der Waals surface area contributed by atoms with E-state index in [0.29, 0.717) is 40.0 Å². The monoisotopic (exact) mass is 502 g/mol. The number of anilines is 3. The molecule has 5 rings (SSSR count). The van der Waals surface area contributed by atoms with Gasteiger partial charge in [0.2, 0.25) is 5.95 Å². The minimum Gasteiger partial charge on any atom is -0.390 e. The van der Waals surface area contributed by atoms with Crippen LogP contribution in [0.5, 0.6) is 0 Å². The molecule has 0 saturated heterocycles. The quantitative estimate of drug-likeness (QED) is 0.266. The third-order valence-corrected chi connectivity index (χ3v) is 7.54. The van der Waals surface area contributed by atoms with Crippen molar-refractivity contribution in [3.8, 4) is 16.6 Å². The lowest BCUT2D eigenvalue weighted by atomic mass is 9.88. The summed E-state index contributed by atoms with van der Waals surface area (Å²) in [6, 6.07) is 16.4. The summed E-state index contributed by atoms with van der Waals surface area (Å²) in [7, 11) is 0. The molecular weight excluding hydrogens is 476 g/mol. The molecule has 0 amide bonds. The predicted octanol–water partition coefficient (Wildman–Crippen LogP) is 3.66. The number of benzene rings is 2. The molecule has 36 heavy (non-hydrogen) atoms. The highest BCUT2D eigenvalue weighted by Gasteiger charge is 2.47. The zero-order valence-corrected chi connectivity index (χ0v) is 20.6. The van der Waals surface area contributed by atoms with Gasteiger partial charge in [0.25, 0.3) is 0 Å². The second kappa shape index (κ2) is 9.44. The highest BCUT2D eigenvalue weighted by atomic mass is 32.1.